The Kier molecular flexibility index (Phi) is 4.85. The lowest BCUT2D eigenvalue weighted by molar-refractivity contribution is -0.117. The lowest BCUT2D eigenvalue weighted by atomic mass is 9.99. The van der Waals surface area contributed by atoms with Crippen molar-refractivity contribution in [3.8, 4) is 0 Å². The monoisotopic (exact) mass is 440 g/mol. The van der Waals surface area contributed by atoms with E-state index in [1.54, 1.807) is 28.4 Å². The Morgan fingerprint density at radius 1 is 1.19 bits per heavy atom. The van der Waals surface area contributed by atoms with Gasteiger partial charge in [0, 0.05) is 26.2 Å². The van der Waals surface area contributed by atoms with Crippen molar-refractivity contribution in [1.82, 2.24) is 4.90 Å². The molecule has 1 atom stereocenters. The van der Waals surface area contributed by atoms with E-state index in [2.05, 4.69) is 21.2 Å². The summed E-state index contributed by atoms with van der Waals surface area (Å²) in [6.07, 6.45) is 0. The molecule has 136 valence electrons. The molecule has 27 heavy (non-hydrogen) atoms. The molecule has 2 amide bonds. The number of rotatable bonds is 2. The smallest absolute Gasteiger partial charge is 0.255 e. The van der Waals surface area contributed by atoms with Crippen molar-refractivity contribution in [2.75, 3.05) is 11.9 Å². The van der Waals surface area contributed by atoms with Crippen LogP contribution in [0.15, 0.2) is 64.5 Å². The lowest BCUT2D eigenvalue weighted by Gasteiger charge is -2.29. The van der Waals surface area contributed by atoms with Crippen LogP contribution in [0.3, 0.4) is 0 Å². The van der Waals surface area contributed by atoms with E-state index >= 15 is 0 Å². The number of carbonyl (C=O) groups excluding carboxylic acids is 2. The van der Waals surface area contributed by atoms with Gasteiger partial charge in [-0.05, 0) is 48.7 Å². The molecule has 1 aliphatic heterocycles. The molecule has 2 aromatic carbocycles. The van der Waals surface area contributed by atoms with Crippen LogP contribution >= 0.6 is 27.3 Å². The van der Waals surface area contributed by atoms with Gasteiger partial charge >= 0.3 is 0 Å². The van der Waals surface area contributed by atoms with Crippen molar-refractivity contribution in [2.24, 2.45) is 0 Å². The molecule has 2 heterocycles. The third-order valence-electron chi connectivity index (χ3n) is 4.57. The summed E-state index contributed by atoms with van der Waals surface area (Å²) >= 11 is 4.99. The molecular weight excluding hydrogens is 424 g/mol. The molecule has 1 N–H and O–H groups in total. The van der Waals surface area contributed by atoms with E-state index in [0.29, 0.717) is 5.56 Å². The highest BCUT2D eigenvalue weighted by Crippen LogP contribution is 2.38. The minimum absolute atomic E-state index is 0.00515. The normalized spacial score (nSPS) is 16.4. The zero-order valence-electron chi connectivity index (χ0n) is 14.6. The summed E-state index contributed by atoms with van der Waals surface area (Å²) in [5.41, 5.74) is 3.34. The molecule has 0 fully saturated rings. The molecule has 0 radical (unpaired) electrons. The van der Waals surface area contributed by atoms with Gasteiger partial charge in [-0.25, -0.2) is 0 Å². The van der Waals surface area contributed by atoms with Crippen LogP contribution in [-0.2, 0) is 4.79 Å². The second kappa shape index (κ2) is 7.29. The van der Waals surface area contributed by atoms with Gasteiger partial charge in [-0.1, -0.05) is 39.7 Å². The number of carbonyl (C=O) groups is 2. The third kappa shape index (κ3) is 3.55. The van der Waals surface area contributed by atoms with Gasteiger partial charge in [0.15, 0.2) is 0 Å². The molecule has 1 aliphatic rings. The van der Waals surface area contributed by atoms with Crippen LogP contribution in [0.4, 0.5) is 5.69 Å². The van der Waals surface area contributed by atoms with Crippen molar-refractivity contribution in [3.05, 3.63) is 86.0 Å². The molecule has 3 aromatic rings. The first kappa shape index (κ1) is 17.9. The first-order chi connectivity index (χ1) is 13.0. The lowest BCUT2D eigenvalue weighted by Crippen LogP contribution is -2.38. The van der Waals surface area contributed by atoms with Crippen LogP contribution < -0.4 is 5.32 Å². The predicted molar refractivity (Wildman–Crippen MR) is 111 cm³/mol. The average molecular weight is 441 g/mol. The number of nitrogens with zero attached hydrogens (tertiary/aromatic N) is 1. The van der Waals surface area contributed by atoms with Gasteiger partial charge in [0.25, 0.3) is 5.91 Å². The summed E-state index contributed by atoms with van der Waals surface area (Å²) in [6.45, 7) is 2.02. The number of nitrogens with one attached hydrogen (secondary N) is 1. The van der Waals surface area contributed by atoms with Crippen molar-refractivity contribution >= 4 is 44.8 Å². The van der Waals surface area contributed by atoms with Gasteiger partial charge in [0.1, 0.15) is 6.54 Å². The highest BCUT2D eigenvalue weighted by atomic mass is 79.9. The standard InChI is InChI=1S/C21H17BrN2O2S/c1-13-4-9-17-16(11-13)20(18-3-2-10-27-18)24(12-19(25)23-17)21(26)14-5-7-15(22)8-6-14/h2-11,20H,12H2,1H3,(H,23,25). The minimum atomic E-state index is -0.310. The van der Waals surface area contributed by atoms with Crippen LogP contribution in [0, 0.1) is 6.92 Å². The van der Waals surface area contributed by atoms with Gasteiger partial charge in [-0.3, -0.25) is 9.59 Å². The van der Waals surface area contributed by atoms with Crippen LogP contribution in [0.2, 0.25) is 0 Å². The van der Waals surface area contributed by atoms with E-state index < -0.39 is 0 Å². The summed E-state index contributed by atoms with van der Waals surface area (Å²) < 4.78 is 0.906. The number of halogens is 1. The molecule has 0 aliphatic carbocycles. The van der Waals surface area contributed by atoms with Crippen LogP contribution in [0.5, 0.6) is 0 Å². The van der Waals surface area contributed by atoms with Gasteiger partial charge in [-0.15, -0.1) is 11.3 Å². The Balaban J connectivity index is 1.86. The van der Waals surface area contributed by atoms with Gasteiger partial charge in [0.2, 0.25) is 5.91 Å². The maximum Gasteiger partial charge on any atom is 0.255 e. The number of thiophene rings is 1. The van der Waals surface area contributed by atoms with E-state index in [9.17, 15) is 9.59 Å². The number of aryl methyl sites for hydroxylation is 1. The topological polar surface area (TPSA) is 49.4 Å². The number of hydrogen-bond acceptors (Lipinski definition) is 3. The van der Waals surface area contributed by atoms with Crippen molar-refractivity contribution < 1.29 is 9.59 Å². The maximum atomic E-state index is 13.3. The van der Waals surface area contributed by atoms with Crippen molar-refractivity contribution in [3.63, 3.8) is 0 Å². The fraction of sp³-hybridized carbons (Fsp3) is 0.143. The summed E-state index contributed by atoms with van der Waals surface area (Å²) in [4.78, 5) is 28.6. The Bertz CT molecular complexity index is 1000. The molecule has 1 aromatic heterocycles. The quantitative estimate of drug-likeness (QED) is 0.609. The van der Waals surface area contributed by atoms with E-state index in [0.717, 1.165) is 26.2 Å². The van der Waals surface area contributed by atoms with E-state index in [1.807, 2.05) is 54.8 Å². The zero-order valence-corrected chi connectivity index (χ0v) is 17.0. The van der Waals surface area contributed by atoms with E-state index in [4.69, 9.17) is 0 Å². The van der Waals surface area contributed by atoms with Crippen LogP contribution in [0.1, 0.15) is 32.4 Å². The first-order valence-corrected chi connectivity index (χ1v) is 10.2. The van der Waals surface area contributed by atoms with Crippen molar-refractivity contribution in [1.29, 1.82) is 0 Å². The molecule has 4 nitrogen and oxygen atoms in total. The van der Waals surface area contributed by atoms with E-state index in [1.165, 1.54) is 0 Å². The Hall–Kier alpha value is -2.44. The summed E-state index contributed by atoms with van der Waals surface area (Å²) in [7, 11) is 0. The molecule has 0 saturated carbocycles. The van der Waals surface area contributed by atoms with Gasteiger partial charge in [-0.2, -0.15) is 0 Å². The fourth-order valence-electron chi connectivity index (χ4n) is 3.33. The summed E-state index contributed by atoms with van der Waals surface area (Å²) in [5.74, 6) is -0.352. The molecule has 4 rings (SSSR count). The van der Waals surface area contributed by atoms with Crippen LogP contribution in [0.25, 0.3) is 0 Å². The number of anilines is 1. The fourth-order valence-corrected chi connectivity index (χ4v) is 4.45. The molecule has 6 heteroatoms. The number of hydrogen-bond donors (Lipinski definition) is 1. The molecule has 1 unspecified atom stereocenters. The highest BCUT2D eigenvalue weighted by molar-refractivity contribution is 9.10. The third-order valence-corrected chi connectivity index (χ3v) is 6.02. The predicted octanol–water partition coefficient (Wildman–Crippen LogP) is 5.00. The second-order valence-electron chi connectivity index (χ2n) is 6.50. The minimum Gasteiger partial charge on any atom is -0.324 e. The SMILES string of the molecule is Cc1ccc2c(c1)C(c1cccs1)N(C(=O)c1ccc(Br)cc1)CC(=O)N2. The Morgan fingerprint density at radius 2 is 1.96 bits per heavy atom. The zero-order chi connectivity index (χ0) is 19.0. The van der Waals surface area contributed by atoms with E-state index in [-0.39, 0.29) is 24.4 Å². The summed E-state index contributed by atoms with van der Waals surface area (Å²) in [5, 5.41) is 4.94. The first-order valence-electron chi connectivity index (χ1n) is 8.53. The maximum absolute atomic E-state index is 13.3. The van der Waals surface area contributed by atoms with Gasteiger partial charge < -0.3 is 10.2 Å². The Labute approximate surface area is 170 Å². The average Bonchev–Trinajstić information content (AvgIpc) is 3.13. The number of benzene rings is 2. The molecule has 0 bridgehead atoms. The second-order valence-corrected chi connectivity index (χ2v) is 8.39. The Morgan fingerprint density at radius 3 is 2.67 bits per heavy atom. The van der Waals surface area contributed by atoms with Crippen molar-refractivity contribution in [2.45, 2.75) is 13.0 Å². The largest absolute Gasteiger partial charge is 0.324 e. The molecular formula is C21H17BrN2O2S. The molecule has 0 spiro atoms. The summed E-state index contributed by atoms with van der Waals surface area (Å²) in [6, 6.07) is 16.8. The molecule has 0 saturated heterocycles. The highest BCUT2D eigenvalue weighted by Gasteiger charge is 2.34. The van der Waals surface area contributed by atoms with Gasteiger partial charge in [0.05, 0.1) is 6.04 Å². The number of amides is 2. The van der Waals surface area contributed by atoms with Crippen LogP contribution in [-0.4, -0.2) is 23.3 Å². The number of fused-ring (bicyclic) bond motifs is 1.